The Morgan fingerprint density at radius 3 is 1.10 bits per heavy atom. The molecule has 0 saturated carbocycles. The van der Waals surface area contributed by atoms with Crippen LogP contribution in [0, 0.1) is 0 Å². The first-order valence-electron chi connectivity index (χ1n) is 8.29. The maximum atomic E-state index is 6.55. The fourth-order valence-electron chi connectivity index (χ4n) is 2.82. The molecular formula is C14H36O3Si3. The lowest BCUT2D eigenvalue weighted by atomic mass is 10.7. The van der Waals surface area contributed by atoms with Crippen LogP contribution in [-0.4, -0.2) is 33.1 Å². The highest BCUT2D eigenvalue weighted by Gasteiger charge is 2.44. The summed E-state index contributed by atoms with van der Waals surface area (Å²) >= 11 is 0. The van der Waals surface area contributed by atoms with Crippen molar-refractivity contribution in [3.05, 3.63) is 0 Å². The van der Waals surface area contributed by atoms with Gasteiger partial charge in [0.25, 0.3) is 5.97 Å². The lowest BCUT2D eigenvalue weighted by Gasteiger charge is -2.44. The summed E-state index contributed by atoms with van der Waals surface area (Å²) in [6.45, 7) is 15.5. The van der Waals surface area contributed by atoms with Crippen LogP contribution < -0.4 is 0 Å². The summed E-state index contributed by atoms with van der Waals surface area (Å²) in [5, 5.41) is 0. The number of hydrogen-bond acceptors (Lipinski definition) is 3. The lowest BCUT2D eigenvalue weighted by Crippen LogP contribution is -2.54. The molecule has 3 nitrogen and oxygen atoms in total. The molecule has 0 aliphatic rings. The third-order valence-electron chi connectivity index (χ3n) is 5.04. The highest BCUT2D eigenvalue weighted by atomic mass is 28.4. The van der Waals surface area contributed by atoms with Gasteiger partial charge in [-0.3, -0.25) is 0 Å². The first kappa shape index (κ1) is 20.5. The Hall–Kier alpha value is 0.531. The van der Waals surface area contributed by atoms with E-state index in [1.807, 2.05) is 6.92 Å². The van der Waals surface area contributed by atoms with Crippen molar-refractivity contribution in [2.45, 2.75) is 90.7 Å². The van der Waals surface area contributed by atoms with Crippen LogP contribution in [-0.2, 0) is 13.3 Å². The van der Waals surface area contributed by atoms with E-state index < -0.39 is 22.6 Å². The quantitative estimate of drug-likeness (QED) is 0.421. The average Bonchev–Trinajstić information content (AvgIpc) is 2.51. The molecule has 0 atom stereocenters. The first-order valence-corrected chi connectivity index (χ1v) is 14.2. The van der Waals surface area contributed by atoms with Gasteiger partial charge in [0.15, 0.2) is 27.1 Å². The van der Waals surface area contributed by atoms with Gasteiger partial charge in [-0.25, -0.2) is 0 Å². The minimum atomic E-state index is -1.72. The maximum absolute atomic E-state index is 6.55. The fourth-order valence-corrected chi connectivity index (χ4v) is 9.10. The van der Waals surface area contributed by atoms with Crippen LogP contribution in [0.5, 0.6) is 0 Å². The van der Waals surface area contributed by atoms with Crippen LogP contribution >= 0.6 is 0 Å². The Morgan fingerprint density at radius 1 is 0.700 bits per heavy atom. The van der Waals surface area contributed by atoms with E-state index in [0.29, 0.717) is 10.5 Å². The summed E-state index contributed by atoms with van der Waals surface area (Å²) in [5.74, 6) is -0.797. The third-order valence-corrected chi connectivity index (χ3v) is 15.1. The maximum Gasteiger partial charge on any atom is 0.250 e. The molecule has 0 bridgehead atoms. The highest BCUT2D eigenvalue weighted by Crippen LogP contribution is 2.34. The van der Waals surface area contributed by atoms with Crippen molar-refractivity contribution in [2.75, 3.05) is 0 Å². The van der Waals surface area contributed by atoms with E-state index in [2.05, 4.69) is 41.5 Å². The summed E-state index contributed by atoms with van der Waals surface area (Å²) in [5.41, 5.74) is 0. The summed E-state index contributed by atoms with van der Waals surface area (Å²) in [7, 11) is -2.79. The molecule has 0 heterocycles. The van der Waals surface area contributed by atoms with Crippen molar-refractivity contribution in [1.29, 1.82) is 0 Å². The van der Waals surface area contributed by atoms with Gasteiger partial charge in [-0.05, 0) is 36.3 Å². The Balaban J connectivity index is 5.19. The van der Waals surface area contributed by atoms with E-state index in [4.69, 9.17) is 13.3 Å². The van der Waals surface area contributed by atoms with Crippen molar-refractivity contribution in [3.8, 4) is 0 Å². The lowest BCUT2D eigenvalue weighted by molar-refractivity contribution is -0.251. The molecule has 0 aromatic carbocycles. The molecule has 0 unspecified atom stereocenters. The van der Waals surface area contributed by atoms with E-state index in [1.54, 1.807) is 0 Å². The Kier molecular flexibility index (Phi) is 9.08. The summed E-state index contributed by atoms with van der Waals surface area (Å²) < 4.78 is 18.9. The van der Waals surface area contributed by atoms with Crippen molar-refractivity contribution in [3.63, 3.8) is 0 Å². The molecule has 122 valence electrons. The van der Waals surface area contributed by atoms with E-state index in [1.165, 1.54) is 0 Å². The molecule has 0 aliphatic heterocycles. The van der Waals surface area contributed by atoms with Crippen molar-refractivity contribution < 1.29 is 13.3 Å². The van der Waals surface area contributed by atoms with E-state index in [0.717, 1.165) is 36.3 Å². The first-order chi connectivity index (χ1) is 9.34. The summed E-state index contributed by atoms with van der Waals surface area (Å²) in [6, 6.07) is 6.77. The zero-order chi connectivity index (χ0) is 15.9. The summed E-state index contributed by atoms with van der Waals surface area (Å²) in [6.07, 6.45) is 0. The topological polar surface area (TPSA) is 27.7 Å². The average molecular weight is 337 g/mol. The molecule has 0 N–H and O–H groups in total. The second-order valence-electron chi connectivity index (χ2n) is 5.76. The molecule has 0 rings (SSSR count). The van der Waals surface area contributed by atoms with Crippen LogP contribution in [0.3, 0.4) is 0 Å². The number of hydrogen-bond donors (Lipinski definition) is 0. The molecule has 0 aliphatic carbocycles. The molecule has 0 amide bonds. The van der Waals surface area contributed by atoms with Gasteiger partial charge in [0.2, 0.25) is 0 Å². The van der Waals surface area contributed by atoms with Gasteiger partial charge in [0, 0.05) is 6.92 Å². The number of rotatable bonds is 11. The predicted molar refractivity (Wildman–Crippen MR) is 96.0 cm³/mol. The van der Waals surface area contributed by atoms with Crippen molar-refractivity contribution in [2.24, 2.45) is 0 Å². The van der Waals surface area contributed by atoms with E-state index >= 15 is 0 Å². The molecular weight excluding hydrogens is 300 g/mol. The van der Waals surface area contributed by atoms with Gasteiger partial charge in [-0.1, -0.05) is 41.5 Å². The van der Waals surface area contributed by atoms with Gasteiger partial charge in [-0.2, -0.15) is 0 Å². The molecule has 0 saturated heterocycles. The molecule has 0 fully saturated rings. The van der Waals surface area contributed by atoms with Crippen molar-refractivity contribution in [1.82, 2.24) is 0 Å². The zero-order valence-corrected chi connectivity index (χ0v) is 19.0. The van der Waals surface area contributed by atoms with Crippen LogP contribution in [0.1, 0.15) is 48.5 Å². The highest BCUT2D eigenvalue weighted by molar-refractivity contribution is 6.74. The van der Waals surface area contributed by atoms with Gasteiger partial charge in [-0.15, -0.1) is 0 Å². The van der Waals surface area contributed by atoms with Crippen LogP contribution in [0.15, 0.2) is 0 Å². The Labute approximate surface area is 131 Å². The molecule has 20 heavy (non-hydrogen) atoms. The smallest absolute Gasteiger partial charge is 0.250 e. The molecule has 0 spiro atoms. The molecule has 6 heteroatoms. The van der Waals surface area contributed by atoms with Crippen LogP contribution in [0.4, 0.5) is 0 Å². The molecule has 0 aromatic heterocycles. The molecule has 0 aromatic rings. The minimum absolute atomic E-state index is 0.643. The predicted octanol–water partition coefficient (Wildman–Crippen LogP) is 4.00. The van der Waals surface area contributed by atoms with E-state index in [9.17, 15) is 0 Å². The monoisotopic (exact) mass is 336 g/mol. The zero-order valence-electron chi connectivity index (χ0n) is 15.0. The van der Waals surface area contributed by atoms with Gasteiger partial charge < -0.3 is 13.3 Å². The van der Waals surface area contributed by atoms with Gasteiger partial charge in [0.1, 0.15) is 0 Å². The van der Waals surface area contributed by atoms with E-state index in [-0.39, 0.29) is 0 Å². The normalized spacial score (nSPS) is 13.9. The Bertz CT molecular complexity index is 228. The van der Waals surface area contributed by atoms with Crippen LogP contribution in [0.25, 0.3) is 0 Å². The Morgan fingerprint density at radius 2 is 0.950 bits per heavy atom. The SMILES string of the molecule is CC[Si](CC)(CC)OC(C)(O[SiH3])O[Si](CC)(CC)CC. The second kappa shape index (κ2) is 8.85. The largest absolute Gasteiger partial charge is 0.382 e. The fraction of sp³-hybridized carbons (Fsp3) is 1.00. The second-order valence-corrected chi connectivity index (χ2v) is 15.5. The standard InChI is InChI=1S/C14H36O3Si3/c1-8-19(9-2,10-3)16-14(7,15-18)17-20(11-4,12-5)13-6/h8-13H2,1-7,18H3. The minimum Gasteiger partial charge on any atom is -0.382 e. The van der Waals surface area contributed by atoms with Gasteiger partial charge in [0.05, 0.1) is 0 Å². The van der Waals surface area contributed by atoms with Crippen molar-refractivity contribution >= 4 is 27.1 Å². The van der Waals surface area contributed by atoms with Gasteiger partial charge >= 0.3 is 0 Å². The van der Waals surface area contributed by atoms with Crippen LogP contribution in [0.2, 0.25) is 36.3 Å². The molecule has 0 radical (unpaired) electrons. The third kappa shape index (κ3) is 5.07. The summed E-state index contributed by atoms with van der Waals surface area (Å²) in [4.78, 5) is 0.